The molecule has 4 N–H and O–H groups in total. The highest BCUT2D eigenvalue weighted by molar-refractivity contribution is 6.07. The highest BCUT2D eigenvalue weighted by Gasteiger charge is 2.12. The highest BCUT2D eigenvalue weighted by atomic mass is 35.5. The maximum Gasteiger partial charge on any atom is 0.162 e. The first kappa shape index (κ1) is 16.8. The van der Waals surface area contributed by atoms with Crippen molar-refractivity contribution in [2.24, 2.45) is 0 Å². The predicted octanol–water partition coefficient (Wildman–Crippen LogP) is 4.14. The molecule has 5 rings (SSSR count). The largest absolute Gasteiger partial charge is 0.323 e. The van der Waals surface area contributed by atoms with Gasteiger partial charge in [-0.2, -0.15) is 10.2 Å². The van der Waals surface area contributed by atoms with E-state index in [0.29, 0.717) is 11.6 Å². The van der Waals surface area contributed by atoms with E-state index in [9.17, 15) is 0 Å². The van der Waals surface area contributed by atoms with E-state index in [1.54, 1.807) is 12.4 Å². The number of aromatic amines is 2. The average Bonchev–Trinajstić information content (AvgIpc) is 3.36. The Balaban J connectivity index is 0.00000180. The molecule has 3 heterocycles. The van der Waals surface area contributed by atoms with Gasteiger partial charge in [0.1, 0.15) is 11.6 Å². The molecule has 0 aliphatic rings. The van der Waals surface area contributed by atoms with Gasteiger partial charge in [0.25, 0.3) is 0 Å². The molecule has 2 aromatic carbocycles. The summed E-state index contributed by atoms with van der Waals surface area (Å²) in [7, 11) is 0. The number of nitrogens with one attached hydrogen (secondary N) is 4. The molecular formula is C18H15ClN8. The van der Waals surface area contributed by atoms with Crippen molar-refractivity contribution in [2.45, 2.75) is 0 Å². The van der Waals surface area contributed by atoms with Crippen LogP contribution >= 0.6 is 12.4 Å². The third kappa shape index (κ3) is 3.13. The van der Waals surface area contributed by atoms with Gasteiger partial charge in [-0.3, -0.25) is 10.2 Å². The number of H-pyrrole nitrogens is 2. The van der Waals surface area contributed by atoms with Crippen LogP contribution in [-0.2, 0) is 0 Å². The van der Waals surface area contributed by atoms with Gasteiger partial charge in [-0.15, -0.1) is 22.6 Å². The number of anilines is 4. The molecule has 0 atom stereocenters. The fourth-order valence-electron chi connectivity index (χ4n) is 2.93. The number of rotatable bonds is 4. The first-order chi connectivity index (χ1) is 12.9. The molecule has 8 nitrogen and oxygen atoms in total. The quantitative estimate of drug-likeness (QED) is 0.350. The molecule has 0 bridgehead atoms. The maximum absolute atomic E-state index is 4.36. The average molecular weight is 379 g/mol. The van der Waals surface area contributed by atoms with Crippen molar-refractivity contribution in [3.63, 3.8) is 0 Å². The van der Waals surface area contributed by atoms with E-state index in [1.165, 1.54) is 0 Å². The number of aromatic nitrogens is 6. The van der Waals surface area contributed by atoms with Crippen molar-refractivity contribution in [1.29, 1.82) is 0 Å². The molecule has 0 fully saturated rings. The second kappa shape index (κ2) is 6.93. The number of halogens is 1. The van der Waals surface area contributed by atoms with Crippen LogP contribution in [-0.4, -0.2) is 30.6 Å². The standard InChI is InChI=1S/C18H14N8.ClH/c1-2-4-12-10-14-13(9-11(12)3-1)17(21-15-5-7-19-23-15)25-26-18(14)22-16-6-8-20-24-16;/h1-10H,(H2,19,21,23,25)(H2,20,22,24,26);1H. The Morgan fingerprint density at radius 1 is 0.667 bits per heavy atom. The van der Waals surface area contributed by atoms with Crippen LogP contribution in [0, 0.1) is 0 Å². The van der Waals surface area contributed by atoms with E-state index in [2.05, 4.69) is 65.5 Å². The summed E-state index contributed by atoms with van der Waals surface area (Å²) in [6.07, 6.45) is 3.36. The van der Waals surface area contributed by atoms with Crippen LogP contribution in [0.4, 0.5) is 23.3 Å². The van der Waals surface area contributed by atoms with E-state index in [-0.39, 0.29) is 12.4 Å². The Morgan fingerprint density at radius 3 is 1.56 bits per heavy atom. The van der Waals surface area contributed by atoms with Crippen LogP contribution in [0.25, 0.3) is 21.5 Å². The minimum atomic E-state index is 0. The van der Waals surface area contributed by atoms with E-state index in [1.807, 2.05) is 24.3 Å². The van der Waals surface area contributed by atoms with E-state index >= 15 is 0 Å². The van der Waals surface area contributed by atoms with Crippen LogP contribution in [0.3, 0.4) is 0 Å². The zero-order chi connectivity index (χ0) is 17.3. The molecular weight excluding hydrogens is 364 g/mol. The summed E-state index contributed by atoms with van der Waals surface area (Å²) in [6, 6.07) is 16.1. The molecule has 0 aliphatic carbocycles. The molecule has 0 saturated heterocycles. The van der Waals surface area contributed by atoms with Crippen molar-refractivity contribution < 1.29 is 0 Å². The molecule has 27 heavy (non-hydrogen) atoms. The second-order valence-electron chi connectivity index (χ2n) is 5.83. The number of hydrogen-bond donors (Lipinski definition) is 4. The van der Waals surface area contributed by atoms with E-state index < -0.39 is 0 Å². The molecule has 5 aromatic rings. The van der Waals surface area contributed by atoms with Crippen LogP contribution in [0.2, 0.25) is 0 Å². The lowest BCUT2D eigenvalue weighted by Gasteiger charge is -2.12. The molecule has 0 unspecified atom stereocenters. The van der Waals surface area contributed by atoms with E-state index in [4.69, 9.17) is 0 Å². The van der Waals surface area contributed by atoms with Gasteiger partial charge >= 0.3 is 0 Å². The number of nitrogens with zero attached hydrogens (tertiary/aromatic N) is 4. The van der Waals surface area contributed by atoms with Crippen LogP contribution < -0.4 is 10.6 Å². The van der Waals surface area contributed by atoms with Crippen molar-refractivity contribution in [3.8, 4) is 0 Å². The Kier molecular flexibility index (Phi) is 4.31. The highest BCUT2D eigenvalue weighted by Crippen LogP contribution is 2.32. The normalized spacial score (nSPS) is 10.7. The predicted molar refractivity (Wildman–Crippen MR) is 108 cm³/mol. The van der Waals surface area contributed by atoms with Gasteiger partial charge in [-0.25, -0.2) is 0 Å². The van der Waals surface area contributed by atoms with Gasteiger partial charge < -0.3 is 10.6 Å². The molecule has 134 valence electrons. The van der Waals surface area contributed by atoms with Gasteiger partial charge in [0.05, 0.1) is 12.4 Å². The summed E-state index contributed by atoms with van der Waals surface area (Å²) in [6.45, 7) is 0. The van der Waals surface area contributed by atoms with Crippen LogP contribution in [0.1, 0.15) is 0 Å². The van der Waals surface area contributed by atoms with Gasteiger partial charge in [0.2, 0.25) is 0 Å². The minimum absolute atomic E-state index is 0. The Bertz CT molecular complexity index is 1090. The van der Waals surface area contributed by atoms with Crippen LogP contribution in [0.15, 0.2) is 60.9 Å². The summed E-state index contributed by atoms with van der Waals surface area (Å²) in [5.74, 6) is 2.82. The molecule has 0 amide bonds. The fourth-order valence-corrected chi connectivity index (χ4v) is 2.93. The number of fused-ring (bicyclic) bond motifs is 2. The topological polar surface area (TPSA) is 107 Å². The second-order valence-corrected chi connectivity index (χ2v) is 5.83. The van der Waals surface area contributed by atoms with Crippen LogP contribution in [0.5, 0.6) is 0 Å². The summed E-state index contributed by atoms with van der Waals surface area (Å²) >= 11 is 0. The molecule has 0 spiro atoms. The lowest BCUT2D eigenvalue weighted by atomic mass is 10.0. The third-order valence-electron chi connectivity index (χ3n) is 4.15. The molecule has 0 radical (unpaired) electrons. The third-order valence-corrected chi connectivity index (χ3v) is 4.15. The smallest absolute Gasteiger partial charge is 0.162 e. The Labute approximate surface area is 159 Å². The zero-order valence-electron chi connectivity index (χ0n) is 14.0. The van der Waals surface area contributed by atoms with Gasteiger partial charge in [0, 0.05) is 22.9 Å². The van der Waals surface area contributed by atoms with Crippen molar-refractivity contribution >= 4 is 57.2 Å². The van der Waals surface area contributed by atoms with E-state index in [0.717, 1.165) is 33.2 Å². The summed E-state index contributed by atoms with van der Waals surface area (Å²) in [4.78, 5) is 0. The molecule has 3 aromatic heterocycles. The Hall–Kier alpha value is -3.65. The SMILES string of the molecule is Cl.c1ccc2cc3c(Nc4ccn[nH]4)nnc(Nc4ccn[nH]4)c3cc2c1. The molecule has 0 saturated carbocycles. The summed E-state index contributed by atoms with van der Waals surface area (Å²) < 4.78 is 0. The van der Waals surface area contributed by atoms with Crippen molar-refractivity contribution in [2.75, 3.05) is 10.6 Å². The van der Waals surface area contributed by atoms with Gasteiger partial charge in [-0.05, 0) is 22.9 Å². The summed E-state index contributed by atoms with van der Waals surface area (Å²) in [5, 5.41) is 33.1. The maximum atomic E-state index is 4.36. The lowest BCUT2D eigenvalue weighted by Crippen LogP contribution is -2.02. The van der Waals surface area contributed by atoms with Crippen molar-refractivity contribution in [1.82, 2.24) is 30.6 Å². The molecule has 0 aliphatic heterocycles. The summed E-state index contributed by atoms with van der Waals surface area (Å²) in [5.41, 5.74) is 0. The first-order valence-corrected chi connectivity index (χ1v) is 8.09. The number of hydrogen-bond acceptors (Lipinski definition) is 6. The fraction of sp³-hybridized carbons (Fsp3) is 0. The first-order valence-electron chi connectivity index (χ1n) is 8.09. The van der Waals surface area contributed by atoms with Crippen molar-refractivity contribution in [3.05, 3.63) is 60.9 Å². The van der Waals surface area contributed by atoms with Gasteiger partial charge in [0.15, 0.2) is 11.6 Å². The zero-order valence-corrected chi connectivity index (χ0v) is 14.8. The Morgan fingerprint density at radius 2 is 1.15 bits per heavy atom. The molecule has 9 heteroatoms. The minimum Gasteiger partial charge on any atom is -0.323 e. The monoisotopic (exact) mass is 378 g/mol. The lowest BCUT2D eigenvalue weighted by molar-refractivity contribution is 1.04. The van der Waals surface area contributed by atoms with Gasteiger partial charge in [-0.1, -0.05) is 24.3 Å². The number of benzene rings is 2.